The van der Waals surface area contributed by atoms with E-state index in [9.17, 15) is 9.59 Å². The second-order valence-electron chi connectivity index (χ2n) is 6.70. The average Bonchev–Trinajstić information content (AvgIpc) is 3.07. The highest BCUT2D eigenvalue weighted by atomic mass is 16.2. The molecule has 1 saturated heterocycles. The third-order valence-electron chi connectivity index (χ3n) is 5.48. The molecule has 0 spiro atoms. The zero-order chi connectivity index (χ0) is 16.8. The highest BCUT2D eigenvalue weighted by Crippen LogP contribution is 2.32. The number of piperazine rings is 1. The van der Waals surface area contributed by atoms with Crippen molar-refractivity contribution in [1.29, 1.82) is 0 Å². The summed E-state index contributed by atoms with van der Waals surface area (Å²) in [5.74, 6) is 0.901. The average molecular weight is 324 g/mol. The molecular weight excluding hydrogens is 292 g/mol. The van der Waals surface area contributed by atoms with E-state index in [-0.39, 0.29) is 17.7 Å². The maximum atomic E-state index is 12.7. The van der Waals surface area contributed by atoms with E-state index in [2.05, 4.69) is 18.7 Å². The van der Waals surface area contributed by atoms with Gasteiger partial charge in [-0.2, -0.15) is 0 Å². The number of hydrogen-bond acceptors (Lipinski definition) is 4. The number of nitrogens with zero attached hydrogens (tertiary/aromatic N) is 3. The summed E-state index contributed by atoms with van der Waals surface area (Å²) in [6.07, 6.45) is 3.16. The van der Waals surface area contributed by atoms with Crippen LogP contribution in [0.25, 0.3) is 0 Å². The normalized spacial score (nSPS) is 25.2. The lowest BCUT2D eigenvalue weighted by atomic mass is 9.94. The minimum absolute atomic E-state index is 0.109. The number of hydrogen-bond donors (Lipinski definition) is 1. The fourth-order valence-electron chi connectivity index (χ4n) is 3.79. The monoisotopic (exact) mass is 324 g/mol. The van der Waals surface area contributed by atoms with Crippen molar-refractivity contribution in [3.63, 3.8) is 0 Å². The predicted octanol–water partition coefficient (Wildman–Crippen LogP) is 0.374. The van der Waals surface area contributed by atoms with Gasteiger partial charge >= 0.3 is 0 Å². The number of carbonyl (C=O) groups is 2. The van der Waals surface area contributed by atoms with E-state index >= 15 is 0 Å². The molecule has 2 rings (SSSR count). The number of amides is 2. The summed E-state index contributed by atoms with van der Waals surface area (Å²) in [6.45, 7) is 9.67. The molecule has 0 aromatic carbocycles. The molecule has 0 aromatic heterocycles. The van der Waals surface area contributed by atoms with Gasteiger partial charge in [-0.1, -0.05) is 20.3 Å². The van der Waals surface area contributed by atoms with Gasteiger partial charge in [-0.25, -0.2) is 0 Å². The summed E-state index contributed by atoms with van der Waals surface area (Å²) >= 11 is 0. The molecule has 2 N–H and O–H groups in total. The second-order valence-corrected chi connectivity index (χ2v) is 6.70. The first kappa shape index (κ1) is 18.2. The van der Waals surface area contributed by atoms with E-state index in [1.807, 2.05) is 9.80 Å². The summed E-state index contributed by atoms with van der Waals surface area (Å²) in [7, 11) is 0. The zero-order valence-corrected chi connectivity index (χ0v) is 14.7. The Morgan fingerprint density at radius 1 is 1.04 bits per heavy atom. The van der Waals surface area contributed by atoms with Gasteiger partial charge in [0.2, 0.25) is 11.8 Å². The molecule has 1 aliphatic carbocycles. The SMILES string of the molecule is CCN(CC)CC(=O)N1CCN(C(=O)[C@@H]2CCC[C@@H]2CN)CC1. The molecule has 6 nitrogen and oxygen atoms in total. The summed E-state index contributed by atoms with van der Waals surface area (Å²) in [5, 5.41) is 0. The van der Waals surface area contributed by atoms with Crippen LogP contribution in [0.2, 0.25) is 0 Å². The Hall–Kier alpha value is -1.14. The predicted molar refractivity (Wildman–Crippen MR) is 90.8 cm³/mol. The minimum Gasteiger partial charge on any atom is -0.339 e. The summed E-state index contributed by atoms with van der Waals surface area (Å²) in [4.78, 5) is 31.0. The van der Waals surface area contributed by atoms with Crippen molar-refractivity contribution in [2.75, 3.05) is 52.4 Å². The maximum Gasteiger partial charge on any atom is 0.236 e. The van der Waals surface area contributed by atoms with E-state index in [4.69, 9.17) is 5.73 Å². The first-order chi connectivity index (χ1) is 11.1. The highest BCUT2D eigenvalue weighted by molar-refractivity contribution is 5.81. The first-order valence-corrected chi connectivity index (χ1v) is 9.09. The molecule has 1 saturated carbocycles. The Kier molecular flexibility index (Phi) is 6.84. The molecule has 2 atom stereocenters. The van der Waals surface area contributed by atoms with E-state index in [1.165, 1.54) is 0 Å². The third kappa shape index (κ3) is 4.44. The zero-order valence-electron chi connectivity index (χ0n) is 14.7. The molecule has 0 radical (unpaired) electrons. The van der Waals surface area contributed by atoms with Crippen LogP contribution in [0.4, 0.5) is 0 Å². The maximum absolute atomic E-state index is 12.7. The van der Waals surface area contributed by atoms with E-state index in [0.29, 0.717) is 45.2 Å². The quantitative estimate of drug-likeness (QED) is 0.766. The molecule has 0 bridgehead atoms. The van der Waals surface area contributed by atoms with Crippen molar-refractivity contribution in [1.82, 2.24) is 14.7 Å². The van der Waals surface area contributed by atoms with Gasteiger partial charge in [-0.15, -0.1) is 0 Å². The van der Waals surface area contributed by atoms with Crippen LogP contribution >= 0.6 is 0 Å². The van der Waals surface area contributed by atoms with Gasteiger partial charge in [0, 0.05) is 32.1 Å². The van der Waals surface area contributed by atoms with Gasteiger partial charge in [0.15, 0.2) is 0 Å². The number of carbonyl (C=O) groups excluding carboxylic acids is 2. The fourth-order valence-corrected chi connectivity index (χ4v) is 3.79. The van der Waals surface area contributed by atoms with Crippen molar-refractivity contribution < 1.29 is 9.59 Å². The molecule has 0 unspecified atom stereocenters. The van der Waals surface area contributed by atoms with Crippen molar-refractivity contribution in [3.8, 4) is 0 Å². The van der Waals surface area contributed by atoms with Crippen molar-refractivity contribution in [3.05, 3.63) is 0 Å². The van der Waals surface area contributed by atoms with Crippen LogP contribution in [0.5, 0.6) is 0 Å². The van der Waals surface area contributed by atoms with Gasteiger partial charge in [-0.05, 0) is 38.4 Å². The topological polar surface area (TPSA) is 69.9 Å². The highest BCUT2D eigenvalue weighted by Gasteiger charge is 2.36. The molecular formula is C17H32N4O2. The van der Waals surface area contributed by atoms with Crippen LogP contribution in [0.1, 0.15) is 33.1 Å². The molecule has 0 aromatic rings. The Labute approximate surface area is 140 Å². The number of likely N-dealkylation sites (N-methyl/N-ethyl adjacent to an activating group) is 1. The standard InChI is InChI=1S/C17H32N4O2/c1-3-19(4-2)13-16(22)20-8-10-21(11-9-20)17(23)15-7-5-6-14(15)12-18/h14-15H,3-13,18H2,1-2H3/t14-,15-/m1/s1. The van der Waals surface area contributed by atoms with Crippen molar-refractivity contribution >= 4 is 11.8 Å². The Morgan fingerprint density at radius 3 is 2.22 bits per heavy atom. The second kappa shape index (κ2) is 8.64. The summed E-state index contributed by atoms with van der Waals surface area (Å²) < 4.78 is 0. The van der Waals surface area contributed by atoms with E-state index in [1.54, 1.807) is 0 Å². The molecule has 1 heterocycles. The van der Waals surface area contributed by atoms with Crippen LogP contribution in [0.3, 0.4) is 0 Å². The minimum atomic E-state index is 0.109. The molecule has 1 aliphatic heterocycles. The Morgan fingerprint density at radius 2 is 1.65 bits per heavy atom. The van der Waals surface area contributed by atoms with Crippen LogP contribution < -0.4 is 5.73 Å². The van der Waals surface area contributed by atoms with E-state index in [0.717, 1.165) is 32.4 Å². The van der Waals surface area contributed by atoms with Crippen LogP contribution in [0.15, 0.2) is 0 Å². The molecule has 132 valence electrons. The van der Waals surface area contributed by atoms with Gasteiger partial charge in [0.05, 0.1) is 6.54 Å². The van der Waals surface area contributed by atoms with Gasteiger partial charge < -0.3 is 15.5 Å². The van der Waals surface area contributed by atoms with Crippen molar-refractivity contribution in [2.24, 2.45) is 17.6 Å². The van der Waals surface area contributed by atoms with Crippen LogP contribution in [-0.2, 0) is 9.59 Å². The molecule has 23 heavy (non-hydrogen) atoms. The molecule has 2 aliphatic rings. The summed E-state index contributed by atoms with van der Waals surface area (Å²) in [5.41, 5.74) is 5.80. The van der Waals surface area contributed by atoms with Crippen LogP contribution in [0, 0.1) is 11.8 Å². The lowest BCUT2D eigenvalue weighted by Gasteiger charge is -2.37. The molecule has 2 amide bonds. The number of nitrogens with two attached hydrogens (primary N) is 1. The van der Waals surface area contributed by atoms with E-state index < -0.39 is 0 Å². The lowest BCUT2D eigenvalue weighted by Crippen LogP contribution is -2.54. The summed E-state index contributed by atoms with van der Waals surface area (Å²) in [6, 6.07) is 0. The van der Waals surface area contributed by atoms with Gasteiger partial charge in [0.25, 0.3) is 0 Å². The Balaban J connectivity index is 1.81. The fraction of sp³-hybridized carbons (Fsp3) is 0.882. The number of rotatable bonds is 6. The molecule has 2 fully saturated rings. The Bertz CT molecular complexity index is 403. The van der Waals surface area contributed by atoms with Crippen molar-refractivity contribution in [2.45, 2.75) is 33.1 Å². The third-order valence-corrected chi connectivity index (χ3v) is 5.48. The largest absolute Gasteiger partial charge is 0.339 e. The molecule has 6 heteroatoms. The van der Waals surface area contributed by atoms with Gasteiger partial charge in [-0.3, -0.25) is 14.5 Å². The van der Waals surface area contributed by atoms with Crippen LogP contribution in [-0.4, -0.2) is 78.9 Å². The smallest absolute Gasteiger partial charge is 0.236 e. The van der Waals surface area contributed by atoms with Gasteiger partial charge in [0.1, 0.15) is 0 Å². The first-order valence-electron chi connectivity index (χ1n) is 9.09. The lowest BCUT2D eigenvalue weighted by molar-refractivity contribution is -0.143.